The molecule has 1 aromatic carbocycles. The van der Waals surface area contributed by atoms with Crippen LogP contribution in [0, 0.1) is 17.0 Å². The van der Waals surface area contributed by atoms with Crippen molar-refractivity contribution in [3.63, 3.8) is 0 Å². The second-order valence-corrected chi connectivity index (χ2v) is 4.84. The van der Waals surface area contributed by atoms with Crippen molar-refractivity contribution < 1.29 is 13.6 Å². The Hall–Kier alpha value is -1.49. The van der Waals surface area contributed by atoms with Gasteiger partial charge in [-0.2, -0.15) is 0 Å². The highest BCUT2D eigenvalue weighted by Gasteiger charge is 2.42. The predicted molar refractivity (Wildman–Crippen MR) is 64.3 cm³/mol. The maximum atomic E-state index is 13.4. The lowest BCUT2D eigenvalue weighted by atomic mass is 10.1. The third-order valence-electron chi connectivity index (χ3n) is 3.31. The Morgan fingerprint density at radius 1 is 1.33 bits per heavy atom. The molecule has 1 aliphatic carbocycles. The topological polar surface area (TPSA) is 41.1 Å². The van der Waals surface area contributed by atoms with Crippen LogP contribution in [0.4, 0.5) is 8.78 Å². The second kappa shape index (κ2) is 5.02. The highest BCUT2D eigenvalue weighted by molar-refractivity contribution is 5.94. The second-order valence-electron chi connectivity index (χ2n) is 4.84. The summed E-state index contributed by atoms with van der Waals surface area (Å²) in [5, 5.41) is 5.74. The monoisotopic (exact) mass is 254 g/mol. The maximum Gasteiger partial charge on any atom is 0.254 e. The van der Waals surface area contributed by atoms with Crippen LogP contribution >= 0.6 is 0 Å². The smallest absolute Gasteiger partial charge is 0.254 e. The van der Waals surface area contributed by atoms with Crippen LogP contribution in [0.3, 0.4) is 0 Å². The number of carbonyl (C=O) groups is 1. The number of hydrogen-bond donors (Lipinski definition) is 2. The van der Waals surface area contributed by atoms with Gasteiger partial charge in [0.05, 0.1) is 5.56 Å². The van der Waals surface area contributed by atoms with Gasteiger partial charge in [0.2, 0.25) is 0 Å². The molecule has 1 aromatic rings. The van der Waals surface area contributed by atoms with E-state index in [1.807, 2.05) is 7.05 Å². The van der Waals surface area contributed by atoms with E-state index in [-0.39, 0.29) is 11.0 Å². The molecule has 0 heterocycles. The summed E-state index contributed by atoms with van der Waals surface area (Å²) in [5.74, 6) is -1.88. The molecule has 18 heavy (non-hydrogen) atoms. The van der Waals surface area contributed by atoms with Crippen LogP contribution in [-0.2, 0) is 0 Å². The van der Waals surface area contributed by atoms with Gasteiger partial charge >= 0.3 is 0 Å². The fourth-order valence-electron chi connectivity index (χ4n) is 2.00. The normalized spacial score (nSPS) is 16.4. The minimum absolute atomic E-state index is 0.0915. The molecule has 1 aliphatic rings. The van der Waals surface area contributed by atoms with Crippen molar-refractivity contribution in [3.8, 4) is 0 Å². The van der Waals surface area contributed by atoms with E-state index in [0.29, 0.717) is 6.54 Å². The first-order chi connectivity index (χ1) is 8.56. The molecule has 1 amide bonds. The van der Waals surface area contributed by atoms with Gasteiger partial charge in [-0.1, -0.05) is 0 Å². The summed E-state index contributed by atoms with van der Waals surface area (Å²) in [7, 11) is 1.86. The minimum Gasteiger partial charge on any atom is -0.351 e. The van der Waals surface area contributed by atoms with Crippen LogP contribution in [0.15, 0.2) is 18.2 Å². The average Bonchev–Trinajstić information content (AvgIpc) is 3.10. The molecule has 0 aromatic heterocycles. The Kier molecular flexibility index (Phi) is 3.61. The Morgan fingerprint density at radius 3 is 2.67 bits per heavy atom. The van der Waals surface area contributed by atoms with Crippen molar-refractivity contribution in [2.24, 2.45) is 5.41 Å². The van der Waals surface area contributed by atoms with Gasteiger partial charge in [-0.3, -0.25) is 4.79 Å². The van der Waals surface area contributed by atoms with Gasteiger partial charge in [0.1, 0.15) is 11.6 Å². The molecule has 0 radical (unpaired) electrons. The highest BCUT2D eigenvalue weighted by atomic mass is 19.1. The number of halogens is 2. The summed E-state index contributed by atoms with van der Waals surface area (Å²) in [5.41, 5.74) is -0.149. The molecule has 0 aliphatic heterocycles. The van der Waals surface area contributed by atoms with Crippen molar-refractivity contribution in [2.45, 2.75) is 12.8 Å². The van der Waals surface area contributed by atoms with E-state index in [1.54, 1.807) is 0 Å². The zero-order valence-corrected chi connectivity index (χ0v) is 10.2. The minimum atomic E-state index is -0.702. The van der Waals surface area contributed by atoms with Crippen molar-refractivity contribution in [1.29, 1.82) is 0 Å². The van der Waals surface area contributed by atoms with Gasteiger partial charge in [0, 0.05) is 18.5 Å². The quantitative estimate of drug-likeness (QED) is 0.839. The Balaban J connectivity index is 1.98. The van der Waals surface area contributed by atoms with E-state index < -0.39 is 17.5 Å². The van der Waals surface area contributed by atoms with Crippen LogP contribution in [0.1, 0.15) is 23.2 Å². The highest BCUT2D eigenvalue weighted by Crippen LogP contribution is 2.44. The summed E-state index contributed by atoms with van der Waals surface area (Å²) in [6, 6.07) is 2.88. The molecule has 1 fully saturated rings. The molecular weight excluding hydrogens is 238 g/mol. The van der Waals surface area contributed by atoms with Gasteiger partial charge in [0.25, 0.3) is 5.91 Å². The fraction of sp³-hybridized carbons (Fsp3) is 0.462. The average molecular weight is 254 g/mol. The fourth-order valence-corrected chi connectivity index (χ4v) is 2.00. The number of nitrogens with one attached hydrogen (secondary N) is 2. The zero-order chi connectivity index (χ0) is 13.2. The zero-order valence-electron chi connectivity index (χ0n) is 10.2. The van der Waals surface area contributed by atoms with Gasteiger partial charge in [-0.25, -0.2) is 8.78 Å². The van der Waals surface area contributed by atoms with Crippen molar-refractivity contribution in [3.05, 3.63) is 35.4 Å². The lowest BCUT2D eigenvalue weighted by Gasteiger charge is -2.15. The molecule has 0 unspecified atom stereocenters. The first kappa shape index (κ1) is 13.0. The molecule has 98 valence electrons. The van der Waals surface area contributed by atoms with Crippen molar-refractivity contribution >= 4 is 5.91 Å². The molecule has 3 nitrogen and oxygen atoms in total. The van der Waals surface area contributed by atoms with E-state index in [4.69, 9.17) is 0 Å². The number of benzene rings is 1. The lowest BCUT2D eigenvalue weighted by Crippen LogP contribution is -2.35. The van der Waals surface area contributed by atoms with Gasteiger partial charge in [-0.15, -0.1) is 0 Å². The molecule has 1 saturated carbocycles. The Bertz CT molecular complexity index is 458. The summed E-state index contributed by atoms with van der Waals surface area (Å²) in [6.45, 7) is 1.31. The molecular formula is C13H16F2N2O. The Morgan fingerprint density at radius 2 is 2.06 bits per heavy atom. The van der Waals surface area contributed by atoms with E-state index in [0.717, 1.165) is 37.6 Å². The predicted octanol–water partition coefficient (Wildman–Crippen LogP) is 1.69. The Labute approximate surface area is 105 Å². The number of rotatable bonds is 5. The summed E-state index contributed by atoms with van der Waals surface area (Å²) in [4.78, 5) is 11.8. The molecule has 0 spiro atoms. The summed E-state index contributed by atoms with van der Waals surface area (Å²) >= 11 is 0. The van der Waals surface area contributed by atoms with E-state index in [9.17, 15) is 13.6 Å². The van der Waals surface area contributed by atoms with Crippen molar-refractivity contribution in [1.82, 2.24) is 10.6 Å². The van der Waals surface area contributed by atoms with E-state index in [2.05, 4.69) is 10.6 Å². The van der Waals surface area contributed by atoms with Crippen LogP contribution in [0.2, 0.25) is 0 Å². The van der Waals surface area contributed by atoms with Crippen LogP contribution < -0.4 is 10.6 Å². The summed E-state index contributed by atoms with van der Waals surface area (Å²) in [6.07, 6.45) is 2.08. The number of amides is 1. The van der Waals surface area contributed by atoms with Gasteiger partial charge in [0.15, 0.2) is 0 Å². The molecule has 2 N–H and O–H groups in total. The molecule has 0 atom stereocenters. The van der Waals surface area contributed by atoms with E-state index in [1.165, 1.54) is 0 Å². The van der Waals surface area contributed by atoms with E-state index >= 15 is 0 Å². The molecule has 5 heteroatoms. The lowest BCUT2D eigenvalue weighted by molar-refractivity contribution is 0.0940. The largest absolute Gasteiger partial charge is 0.351 e. The molecule has 2 rings (SSSR count). The van der Waals surface area contributed by atoms with Gasteiger partial charge < -0.3 is 10.6 Å². The molecule has 0 saturated heterocycles. The number of carbonyl (C=O) groups excluding carboxylic acids is 1. The SMILES string of the molecule is CNCC1(CNC(=O)c2cc(F)ccc2F)CC1. The molecule has 0 bridgehead atoms. The van der Waals surface area contributed by atoms with Crippen LogP contribution in [0.5, 0.6) is 0 Å². The first-order valence-electron chi connectivity index (χ1n) is 5.94. The standard InChI is InChI=1S/C13H16F2N2O/c1-16-7-13(4-5-13)8-17-12(18)10-6-9(14)2-3-11(10)15/h2-3,6,16H,4-5,7-8H2,1H3,(H,17,18). The van der Waals surface area contributed by atoms with Gasteiger partial charge in [-0.05, 0) is 38.1 Å². The maximum absolute atomic E-state index is 13.4. The third kappa shape index (κ3) is 2.85. The summed E-state index contributed by atoms with van der Waals surface area (Å²) < 4.78 is 26.3. The first-order valence-corrected chi connectivity index (χ1v) is 5.94. The van der Waals surface area contributed by atoms with Crippen molar-refractivity contribution in [2.75, 3.05) is 20.1 Å². The van der Waals surface area contributed by atoms with Crippen LogP contribution in [0.25, 0.3) is 0 Å². The van der Waals surface area contributed by atoms with Crippen LogP contribution in [-0.4, -0.2) is 26.0 Å². The number of hydrogen-bond acceptors (Lipinski definition) is 2. The third-order valence-corrected chi connectivity index (χ3v) is 3.31.